The second-order valence-corrected chi connectivity index (χ2v) is 3.24. The van der Waals surface area contributed by atoms with E-state index in [9.17, 15) is 9.18 Å². The molecule has 0 unspecified atom stereocenters. The average molecular weight is 238 g/mol. The number of methoxy groups -OCH3 is 1. The maximum Gasteiger partial charge on any atom is 0.338 e. The summed E-state index contributed by atoms with van der Waals surface area (Å²) in [5.41, 5.74) is 0.383. The first-order valence-electron chi connectivity index (χ1n) is 5.32. The van der Waals surface area contributed by atoms with Gasteiger partial charge in [0.15, 0.2) is 11.6 Å². The Balaban J connectivity index is 3.18. The second kappa shape index (κ2) is 6.03. The van der Waals surface area contributed by atoms with Crippen molar-refractivity contribution in [1.29, 1.82) is 0 Å². The van der Waals surface area contributed by atoms with E-state index < -0.39 is 11.8 Å². The fraction of sp³-hybridized carbons (Fsp3) is 0.308. The van der Waals surface area contributed by atoms with Gasteiger partial charge in [0.2, 0.25) is 0 Å². The van der Waals surface area contributed by atoms with Crippen LogP contribution in [0.2, 0.25) is 0 Å². The van der Waals surface area contributed by atoms with Gasteiger partial charge in [0, 0.05) is 5.56 Å². The van der Waals surface area contributed by atoms with Crippen LogP contribution >= 0.6 is 0 Å². The first-order valence-corrected chi connectivity index (χ1v) is 5.32. The monoisotopic (exact) mass is 238 g/mol. The van der Waals surface area contributed by atoms with Crippen molar-refractivity contribution < 1.29 is 18.7 Å². The summed E-state index contributed by atoms with van der Waals surface area (Å²) in [5, 5.41) is 0. The lowest BCUT2D eigenvalue weighted by molar-refractivity contribution is -0.136. The minimum absolute atomic E-state index is 0.103. The Morgan fingerprint density at radius 2 is 2.18 bits per heavy atom. The molecule has 0 aliphatic carbocycles. The molecule has 0 aliphatic heterocycles. The lowest BCUT2D eigenvalue weighted by Crippen LogP contribution is -2.08. The molecule has 92 valence electrons. The summed E-state index contributed by atoms with van der Waals surface area (Å²) in [6, 6.07) is 4.64. The number of halogens is 1. The molecule has 0 aromatic heterocycles. The quantitative estimate of drug-likeness (QED) is 0.597. The summed E-state index contributed by atoms with van der Waals surface area (Å²) < 4.78 is 23.7. The van der Waals surface area contributed by atoms with E-state index in [2.05, 4.69) is 0 Å². The van der Waals surface area contributed by atoms with Crippen molar-refractivity contribution in [3.8, 4) is 5.75 Å². The van der Waals surface area contributed by atoms with Crippen LogP contribution in [0.4, 0.5) is 4.39 Å². The van der Waals surface area contributed by atoms with Gasteiger partial charge in [0.1, 0.15) is 0 Å². The maximum atomic E-state index is 13.9. The van der Waals surface area contributed by atoms with Crippen LogP contribution < -0.4 is 4.74 Å². The minimum Gasteiger partial charge on any atom is -0.494 e. The highest BCUT2D eigenvalue weighted by atomic mass is 19.1. The zero-order valence-corrected chi connectivity index (χ0v) is 10.1. The molecule has 0 N–H and O–H groups in total. The largest absolute Gasteiger partial charge is 0.494 e. The predicted molar refractivity (Wildman–Crippen MR) is 63.2 cm³/mol. The van der Waals surface area contributed by atoms with Gasteiger partial charge < -0.3 is 9.47 Å². The molecule has 17 heavy (non-hydrogen) atoms. The van der Waals surface area contributed by atoms with E-state index in [4.69, 9.17) is 9.47 Å². The van der Waals surface area contributed by atoms with E-state index in [1.807, 2.05) is 0 Å². The maximum absolute atomic E-state index is 13.9. The Morgan fingerprint density at radius 3 is 2.71 bits per heavy atom. The van der Waals surface area contributed by atoms with E-state index in [1.54, 1.807) is 19.9 Å². The number of hydrogen-bond acceptors (Lipinski definition) is 3. The average Bonchev–Trinajstić information content (AvgIpc) is 2.32. The van der Waals surface area contributed by atoms with Crippen LogP contribution in [0.3, 0.4) is 0 Å². The van der Waals surface area contributed by atoms with Crippen LogP contribution in [-0.2, 0) is 9.53 Å². The van der Waals surface area contributed by atoms with Crippen LogP contribution in [-0.4, -0.2) is 19.7 Å². The molecule has 0 fully saturated rings. The molecule has 0 heterocycles. The number of allylic oxidation sites excluding steroid dienone is 1. The summed E-state index contributed by atoms with van der Waals surface area (Å²) in [6.07, 6.45) is 1.52. The molecular weight excluding hydrogens is 223 g/mol. The molecule has 0 saturated heterocycles. The van der Waals surface area contributed by atoms with Gasteiger partial charge in [0.25, 0.3) is 0 Å². The fourth-order valence-electron chi connectivity index (χ4n) is 1.47. The SMILES string of the molecule is CC=C(C(=O)OCC)c1cccc(OC)c1F. The molecule has 3 nitrogen and oxygen atoms in total. The highest BCUT2D eigenvalue weighted by Gasteiger charge is 2.18. The van der Waals surface area contributed by atoms with Gasteiger partial charge in [-0.2, -0.15) is 0 Å². The first-order chi connectivity index (χ1) is 8.15. The van der Waals surface area contributed by atoms with Gasteiger partial charge in [0.05, 0.1) is 19.3 Å². The molecule has 0 radical (unpaired) electrons. The van der Waals surface area contributed by atoms with Gasteiger partial charge >= 0.3 is 5.97 Å². The van der Waals surface area contributed by atoms with Gasteiger partial charge in [-0.3, -0.25) is 0 Å². The molecule has 0 spiro atoms. The minimum atomic E-state index is -0.559. The van der Waals surface area contributed by atoms with Gasteiger partial charge in [-0.25, -0.2) is 9.18 Å². The number of ether oxygens (including phenoxy) is 2. The van der Waals surface area contributed by atoms with Crippen LogP contribution in [0.1, 0.15) is 19.4 Å². The molecule has 0 bridgehead atoms. The third-order valence-electron chi connectivity index (χ3n) is 2.26. The van der Waals surface area contributed by atoms with E-state index in [-0.39, 0.29) is 23.5 Å². The molecule has 0 saturated carbocycles. The lowest BCUT2D eigenvalue weighted by Gasteiger charge is -2.10. The van der Waals surface area contributed by atoms with Crippen molar-refractivity contribution in [2.24, 2.45) is 0 Å². The molecular formula is C13H15FO3. The van der Waals surface area contributed by atoms with Gasteiger partial charge in [-0.15, -0.1) is 0 Å². The number of benzene rings is 1. The molecule has 0 aliphatic rings. The van der Waals surface area contributed by atoms with Crippen molar-refractivity contribution in [3.05, 3.63) is 35.7 Å². The van der Waals surface area contributed by atoms with E-state index in [0.717, 1.165) is 0 Å². The van der Waals surface area contributed by atoms with Crippen molar-refractivity contribution in [2.45, 2.75) is 13.8 Å². The molecule has 4 heteroatoms. The first kappa shape index (κ1) is 13.2. The summed E-state index contributed by atoms with van der Waals surface area (Å²) in [4.78, 5) is 11.6. The lowest BCUT2D eigenvalue weighted by atomic mass is 10.0. The third-order valence-corrected chi connectivity index (χ3v) is 2.26. The Bertz CT molecular complexity index is 438. The summed E-state index contributed by atoms with van der Waals surface area (Å²) in [6.45, 7) is 3.61. The van der Waals surface area contributed by atoms with Crippen molar-refractivity contribution >= 4 is 11.5 Å². The molecule has 1 rings (SSSR count). The number of carbonyl (C=O) groups is 1. The van der Waals surface area contributed by atoms with Crippen LogP contribution in [0.15, 0.2) is 24.3 Å². The zero-order valence-electron chi connectivity index (χ0n) is 10.1. The summed E-state index contributed by atoms with van der Waals surface area (Å²) >= 11 is 0. The highest BCUT2D eigenvalue weighted by Crippen LogP contribution is 2.26. The predicted octanol–water partition coefficient (Wildman–Crippen LogP) is 2.80. The van der Waals surface area contributed by atoms with E-state index in [0.29, 0.717) is 0 Å². The Morgan fingerprint density at radius 1 is 1.47 bits per heavy atom. The van der Waals surface area contributed by atoms with Gasteiger partial charge in [-0.05, 0) is 19.9 Å². The topological polar surface area (TPSA) is 35.5 Å². The number of hydrogen-bond donors (Lipinski definition) is 0. The van der Waals surface area contributed by atoms with Crippen LogP contribution in [0.5, 0.6) is 5.75 Å². The van der Waals surface area contributed by atoms with Crippen LogP contribution in [0, 0.1) is 5.82 Å². The van der Waals surface area contributed by atoms with Gasteiger partial charge in [-0.1, -0.05) is 18.2 Å². The second-order valence-electron chi connectivity index (χ2n) is 3.24. The number of rotatable bonds is 4. The molecule has 1 aromatic carbocycles. The summed E-state index contributed by atoms with van der Waals surface area (Å²) in [7, 11) is 1.38. The standard InChI is InChI=1S/C13H15FO3/c1-4-9(13(15)17-5-2)10-7-6-8-11(16-3)12(10)14/h4,6-8H,5H2,1-3H3. The molecule has 1 aromatic rings. The number of carbonyl (C=O) groups excluding carboxylic acids is 1. The Kier molecular flexibility index (Phi) is 4.69. The highest BCUT2D eigenvalue weighted by molar-refractivity contribution is 6.16. The Labute approximate surface area is 99.9 Å². The fourth-order valence-corrected chi connectivity index (χ4v) is 1.47. The normalized spacial score (nSPS) is 11.2. The molecule has 0 amide bonds. The summed E-state index contributed by atoms with van der Waals surface area (Å²) in [5.74, 6) is -0.996. The Hall–Kier alpha value is -1.84. The zero-order chi connectivity index (χ0) is 12.8. The smallest absolute Gasteiger partial charge is 0.338 e. The third kappa shape index (κ3) is 2.84. The van der Waals surface area contributed by atoms with Crippen LogP contribution in [0.25, 0.3) is 5.57 Å². The van der Waals surface area contributed by atoms with E-state index >= 15 is 0 Å². The van der Waals surface area contributed by atoms with E-state index in [1.165, 1.54) is 25.3 Å². The van der Waals surface area contributed by atoms with Crippen molar-refractivity contribution in [2.75, 3.05) is 13.7 Å². The van der Waals surface area contributed by atoms with Crippen molar-refractivity contribution in [1.82, 2.24) is 0 Å². The van der Waals surface area contributed by atoms with Crippen molar-refractivity contribution in [3.63, 3.8) is 0 Å². The number of esters is 1. The molecule has 0 atom stereocenters.